The minimum Gasteiger partial charge on any atom is -0.352 e. The summed E-state index contributed by atoms with van der Waals surface area (Å²) in [6, 6.07) is 7.75. The molecule has 5 nitrogen and oxygen atoms in total. The predicted molar refractivity (Wildman–Crippen MR) is 96.6 cm³/mol. The van der Waals surface area contributed by atoms with Crippen LogP contribution in [0, 0.1) is 23.7 Å². The molecule has 134 valence electrons. The van der Waals surface area contributed by atoms with E-state index >= 15 is 0 Å². The van der Waals surface area contributed by atoms with Crippen molar-refractivity contribution < 1.29 is 9.59 Å². The number of nitrogens with one attached hydrogen (secondary N) is 2. The van der Waals surface area contributed by atoms with E-state index in [2.05, 4.69) is 10.6 Å². The summed E-state index contributed by atoms with van der Waals surface area (Å²) in [7, 11) is 0. The van der Waals surface area contributed by atoms with Crippen molar-refractivity contribution in [3.05, 3.63) is 29.8 Å². The van der Waals surface area contributed by atoms with Gasteiger partial charge < -0.3 is 16.4 Å². The Hall–Kier alpha value is -1.88. The molecule has 2 amide bonds. The van der Waals surface area contributed by atoms with Crippen LogP contribution in [0.3, 0.4) is 0 Å². The van der Waals surface area contributed by atoms with E-state index in [0.717, 1.165) is 43.4 Å². The van der Waals surface area contributed by atoms with Crippen molar-refractivity contribution in [3.63, 3.8) is 0 Å². The summed E-state index contributed by atoms with van der Waals surface area (Å²) in [6.45, 7) is 0.479. The van der Waals surface area contributed by atoms with E-state index in [0.29, 0.717) is 18.4 Å². The van der Waals surface area contributed by atoms with Crippen molar-refractivity contribution in [2.45, 2.75) is 51.1 Å². The Balaban J connectivity index is 1.32. The molecule has 3 aliphatic rings. The van der Waals surface area contributed by atoms with Gasteiger partial charge in [-0.15, -0.1) is 0 Å². The number of nitrogens with two attached hydrogens (primary N) is 1. The zero-order valence-electron chi connectivity index (χ0n) is 14.5. The molecule has 5 heteroatoms. The van der Waals surface area contributed by atoms with Crippen LogP contribution in [0.5, 0.6) is 0 Å². The molecule has 0 spiro atoms. The standard InChI is InChI=1S/C20H27N3O2/c21-18-15-8-7-14(10-15)17(18)20(25)22-11-12-3-1-6-16(9-12)23-19(24)13-4-2-5-13/h1,3,6,9,13-15,17-18H,2,4-5,7-8,10-11,21H2,(H,22,25)(H,23,24). The summed E-state index contributed by atoms with van der Waals surface area (Å²) < 4.78 is 0. The van der Waals surface area contributed by atoms with Crippen molar-refractivity contribution in [2.24, 2.45) is 29.4 Å². The number of rotatable bonds is 5. The SMILES string of the molecule is NC1C2CCC(C2)C1C(=O)NCc1cccc(NC(=O)C2CCC2)c1. The number of anilines is 1. The number of carbonyl (C=O) groups excluding carboxylic acids is 2. The Bertz CT molecular complexity index is 669. The second-order valence-electron chi connectivity index (χ2n) is 7.97. The summed E-state index contributed by atoms with van der Waals surface area (Å²) in [6.07, 6.45) is 6.56. The van der Waals surface area contributed by atoms with Crippen LogP contribution >= 0.6 is 0 Å². The van der Waals surface area contributed by atoms with Crippen molar-refractivity contribution in [1.82, 2.24) is 5.32 Å². The zero-order valence-corrected chi connectivity index (χ0v) is 14.5. The third-order valence-electron chi connectivity index (χ3n) is 6.42. The Morgan fingerprint density at radius 1 is 1.08 bits per heavy atom. The van der Waals surface area contributed by atoms with Crippen molar-refractivity contribution in [2.75, 3.05) is 5.32 Å². The lowest BCUT2D eigenvalue weighted by molar-refractivity contribution is -0.127. The van der Waals surface area contributed by atoms with Crippen LogP contribution in [0.25, 0.3) is 0 Å². The Labute approximate surface area is 148 Å². The first-order chi connectivity index (χ1) is 12.1. The maximum Gasteiger partial charge on any atom is 0.227 e. The minimum atomic E-state index is -0.0275. The number of hydrogen-bond acceptors (Lipinski definition) is 3. The molecule has 4 N–H and O–H groups in total. The first-order valence-electron chi connectivity index (χ1n) is 9.55. The summed E-state index contributed by atoms with van der Waals surface area (Å²) in [5.74, 6) is 1.34. The molecular weight excluding hydrogens is 314 g/mol. The summed E-state index contributed by atoms with van der Waals surface area (Å²) in [5.41, 5.74) is 8.05. The molecule has 0 aromatic heterocycles. The molecule has 4 rings (SSSR count). The molecule has 0 saturated heterocycles. The van der Waals surface area contributed by atoms with Gasteiger partial charge in [-0.05, 0) is 61.6 Å². The van der Waals surface area contributed by atoms with Crippen LogP contribution < -0.4 is 16.4 Å². The average Bonchev–Trinajstić information content (AvgIpc) is 3.12. The molecule has 1 aromatic carbocycles. The van der Waals surface area contributed by atoms with Gasteiger partial charge in [-0.1, -0.05) is 18.6 Å². The molecule has 25 heavy (non-hydrogen) atoms. The van der Waals surface area contributed by atoms with Crippen LogP contribution in [0.15, 0.2) is 24.3 Å². The highest BCUT2D eigenvalue weighted by molar-refractivity contribution is 5.93. The molecule has 3 aliphatic carbocycles. The fraction of sp³-hybridized carbons (Fsp3) is 0.600. The zero-order chi connectivity index (χ0) is 17.4. The molecule has 2 bridgehead atoms. The highest BCUT2D eigenvalue weighted by Gasteiger charge is 2.48. The molecule has 4 unspecified atom stereocenters. The highest BCUT2D eigenvalue weighted by atomic mass is 16.2. The fourth-order valence-electron chi connectivity index (χ4n) is 4.71. The molecular formula is C20H27N3O2. The van der Waals surface area contributed by atoms with Gasteiger partial charge in [-0.2, -0.15) is 0 Å². The minimum absolute atomic E-state index is 0.0202. The number of hydrogen-bond donors (Lipinski definition) is 3. The largest absolute Gasteiger partial charge is 0.352 e. The number of amides is 2. The normalized spacial score (nSPS) is 30.8. The van der Waals surface area contributed by atoms with E-state index in [1.54, 1.807) is 0 Å². The second kappa shape index (κ2) is 6.79. The first-order valence-corrected chi connectivity index (χ1v) is 9.55. The van der Waals surface area contributed by atoms with Gasteiger partial charge in [0.25, 0.3) is 0 Å². The maximum absolute atomic E-state index is 12.6. The van der Waals surface area contributed by atoms with Gasteiger partial charge in [0.15, 0.2) is 0 Å². The molecule has 0 radical (unpaired) electrons. The Morgan fingerprint density at radius 2 is 1.88 bits per heavy atom. The van der Waals surface area contributed by atoms with Crippen LogP contribution in [0.4, 0.5) is 5.69 Å². The molecule has 1 aromatic rings. The third kappa shape index (κ3) is 3.30. The molecule has 3 saturated carbocycles. The molecule has 0 heterocycles. The van der Waals surface area contributed by atoms with Crippen LogP contribution in [-0.4, -0.2) is 17.9 Å². The molecule has 4 atom stereocenters. The van der Waals surface area contributed by atoms with Crippen molar-refractivity contribution in [1.29, 1.82) is 0 Å². The number of carbonyl (C=O) groups is 2. The Kier molecular flexibility index (Phi) is 4.50. The van der Waals surface area contributed by atoms with Crippen LogP contribution in [0.2, 0.25) is 0 Å². The lowest BCUT2D eigenvalue weighted by Gasteiger charge is -2.27. The molecule has 3 fully saturated rings. The van der Waals surface area contributed by atoms with E-state index in [1.165, 1.54) is 6.42 Å². The summed E-state index contributed by atoms with van der Waals surface area (Å²) in [5, 5.41) is 6.03. The monoisotopic (exact) mass is 341 g/mol. The van der Waals surface area contributed by atoms with Gasteiger partial charge >= 0.3 is 0 Å². The highest BCUT2D eigenvalue weighted by Crippen LogP contribution is 2.47. The first kappa shape index (κ1) is 16.6. The third-order valence-corrected chi connectivity index (χ3v) is 6.42. The van der Waals surface area contributed by atoms with Crippen molar-refractivity contribution in [3.8, 4) is 0 Å². The summed E-state index contributed by atoms with van der Waals surface area (Å²) >= 11 is 0. The molecule has 0 aliphatic heterocycles. The smallest absolute Gasteiger partial charge is 0.227 e. The van der Waals surface area contributed by atoms with E-state index in [-0.39, 0.29) is 29.7 Å². The fourth-order valence-corrected chi connectivity index (χ4v) is 4.71. The summed E-state index contributed by atoms with van der Waals surface area (Å²) in [4.78, 5) is 24.6. The van der Waals surface area contributed by atoms with E-state index in [4.69, 9.17) is 5.73 Å². The van der Waals surface area contributed by atoms with Gasteiger partial charge in [0.1, 0.15) is 0 Å². The van der Waals surface area contributed by atoms with Gasteiger partial charge in [-0.25, -0.2) is 0 Å². The maximum atomic E-state index is 12.6. The topological polar surface area (TPSA) is 84.2 Å². The quantitative estimate of drug-likeness (QED) is 0.769. The lowest BCUT2D eigenvalue weighted by atomic mass is 9.84. The van der Waals surface area contributed by atoms with Gasteiger partial charge in [-0.3, -0.25) is 9.59 Å². The lowest BCUT2D eigenvalue weighted by Crippen LogP contribution is -2.45. The second-order valence-corrected chi connectivity index (χ2v) is 7.97. The van der Waals surface area contributed by atoms with Crippen molar-refractivity contribution >= 4 is 17.5 Å². The van der Waals surface area contributed by atoms with Crippen LogP contribution in [0.1, 0.15) is 44.1 Å². The van der Waals surface area contributed by atoms with Crippen LogP contribution in [-0.2, 0) is 16.1 Å². The van der Waals surface area contributed by atoms with E-state index in [1.807, 2.05) is 24.3 Å². The van der Waals surface area contributed by atoms with E-state index in [9.17, 15) is 9.59 Å². The van der Waals surface area contributed by atoms with Gasteiger partial charge in [0.2, 0.25) is 11.8 Å². The Morgan fingerprint density at radius 3 is 2.56 bits per heavy atom. The van der Waals surface area contributed by atoms with Gasteiger partial charge in [0.05, 0.1) is 5.92 Å². The van der Waals surface area contributed by atoms with E-state index < -0.39 is 0 Å². The number of benzene rings is 1. The predicted octanol–water partition coefficient (Wildman–Crippen LogP) is 2.41. The number of fused-ring (bicyclic) bond motifs is 2. The van der Waals surface area contributed by atoms with Gasteiger partial charge in [0, 0.05) is 24.2 Å². The average molecular weight is 341 g/mol.